The van der Waals surface area contributed by atoms with Crippen LogP contribution < -0.4 is 15.4 Å². The second kappa shape index (κ2) is 8.23. The van der Waals surface area contributed by atoms with E-state index in [1.54, 1.807) is 50.2 Å². The molecule has 0 aromatic heterocycles. The zero-order valence-corrected chi connectivity index (χ0v) is 16.1. The number of halogens is 1. The van der Waals surface area contributed by atoms with E-state index >= 15 is 0 Å². The molecule has 0 radical (unpaired) electrons. The molecule has 0 aliphatic rings. The lowest BCUT2D eigenvalue weighted by Crippen LogP contribution is -2.32. The first-order chi connectivity index (χ1) is 12.3. The van der Waals surface area contributed by atoms with Gasteiger partial charge in [-0.15, -0.1) is 11.6 Å². The predicted octanol–water partition coefficient (Wildman–Crippen LogP) is 4.46. The van der Waals surface area contributed by atoms with Crippen LogP contribution in [0.25, 0.3) is 0 Å². The normalized spacial score (nSPS) is 11.0. The Bertz CT molecular complexity index is 804. The molecule has 26 heavy (non-hydrogen) atoms. The second-order valence-corrected chi connectivity index (χ2v) is 6.93. The van der Waals surface area contributed by atoms with E-state index in [9.17, 15) is 9.59 Å². The highest BCUT2D eigenvalue weighted by Crippen LogP contribution is 2.33. The lowest BCUT2D eigenvalue weighted by atomic mass is 9.95. The number of alkyl halides is 1. The minimum Gasteiger partial charge on any atom is -0.494 e. The van der Waals surface area contributed by atoms with Crippen molar-refractivity contribution < 1.29 is 14.3 Å². The number of hydrogen-bond donors (Lipinski definition) is 2. The van der Waals surface area contributed by atoms with Crippen molar-refractivity contribution >= 4 is 34.8 Å². The number of benzene rings is 2. The fourth-order valence-corrected chi connectivity index (χ4v) is 2.35. The highest BCUT2D eigenvalue weighted by Gasteiger charge is 2.27. The Morgan fingerprint density at radius 2 is 1.73 bits per heavy atom. The highest BCUT2D eigenvalue weighted by molar-refractivity contribution is 6.20. The number of carbonyl (C=O) groups excluding carboxylic acids is 2. The minimum absolute atomic E-state index is 0.200. The van der Waals surface area contributed by atoms with Gasteiger partial charge in [-0.3, -0.25) is 9.59 Å². The quantitative estimate of drug-likeness (QED) is 0.733. The standard InChI is InChI=1S/C20H23ClN2O3/c1-13-10-16(23-19(25)20(2,3)12-21)17(26-4)11-15(13)22-18(24)14-8-6-5-7-9-14/h5-11H,12H2,1-4H3,(H,22,24)(H,23,25). The lowest BCUT2D eigenvalue weighted by Gasteiger charge is -2.22. The van der Waals surface area contributed by atoms with Gasteiger partial charge in [-0.2, -0.15) is 0 Å². The van der Waals surface area contributed by atoms with Crippen LogP contribution >= 0.6 is 11.6 Å². The zero-order chi connectivity index (χ0) is 19.3. The fraction of sp³-hybridized carbons (Fsp3) is 0.300. The molecule has 0 atom stereocenters. The Morgan fingerprint density at radius 1 is 1.08 bits per heavy atom. The molecule has 0 spiro atoms. The molecule has 6 heteroatoms. The van der Waals surface area contributed by atoms with Gasteiger partial charge in [-0.25, -0.2) is 0 Å². The summed E-state index contributed by atoms with van der Waals surface area (Å²) in [5.74, 6) is 0.241. The highest BCUT2D eigenvalue weighted by atomic mass is 35.5. The van der Waals surface area contributed by atoms with E-state index in [2.05, 4.69) is 10.6 Å². The van der Waals surface area contributed by atoms with Crippen molar-refractivity contribution in [1.29, 1.82) is 0 Å². The van der Waals surface area contributed by atoms with Crippen molar-refractivity contribution in [2.75, 3.05) is 23.6 Å². The van der Waals surface area contributed by atoms with Crippen LogP contribution in [-0.2, 0) is 4.79 Å². The van der Waals surface area contributed by atoms with Gasteiger partial charge in [0.1, 0.15) is 5.75 Å². The van der Waals surface area contributed by atoms with E-state index in [0.29, 0.717) is 22.7 Å². The number of aryl methyl sites for hydroxylation is 1. The number of carbonyl (C=O) groups is 2. The molecular weight excluding hydrogens is 352 g/mol. The molecule has 0 aliphatic heterocycles. The van der Waals surface area contributed by atoms with Crippen LogP contribution in [0.1, 0.15) is 29.8 Å². The molecule has 0 heterocycles. The number of rotatable bonds is 6. The van der Waals surface area contributed by atoms with Gasteiger partial charge in [0, 0.05) is 23.2 Å². The van der Waals surface area contributed by atoms with E-state index in [4.69, 9.17) is 16.3 Å². The summed E-state index contributed by atoms with van der Waals surface area (Å²) in [5, 5.41) is 5.72. The van der Waals surface area contributed by atoms with E-state index in [1.165, 1.54) is 7.11 Å². The van der Waals surface area contributed by atoms with Gasteiger partial charge in [0.05, 0.1) is 18.2 Å². The zero-order valence-electron chi connectivity index (χ0n) is 15.4. The first kappa shape index (κ1) is 19.8. The maximum Gasteiger partial charge on any atom is 0.255 e. The van der Waals surface area contributed by atoms with Crippen LogP contribution in [0.15, 0.2) is 42.5 Å². The van der Waals surface area contributed by atoms with Gasteiger partial charge in [-0.1, -0.05) is 18.2 Å². The number of ether oxygens (including phenoxy) is 1. The molecule has 2 aromatic rings. The first-order valence-corrected chi connectivity index (χ1v) is 8.74. The molecule has 0 aliphatic carbocycles. The molecule has 0 fully saturated rings. The summed E-state index contributed by atoms with van der Waals surface area (Å²) in [7, 11) is 1.51. The maximum absolute atomic E-state index is 12.4. The molecule has 0 bridgehead atoms. The Balaban J connectivity index is 2.26. The van der Waals surface area contributed by atoms with Crippen molar-refractivity contribution in [3.05, 3.63) is 53.6 Å². The first-order valence-electron chi connectivity index (χ1n) is 8.21. The van der Waals surface area contributed by atoms with E-state index in [-0.39, 0.29) is 17.7 Å². The van der Waals surface area contributed by atoms with Gasteiger partial charge in [0.25, 0.3) is 5.91 Å². The van der Waals surface area contributed by atoms with Gasteiger partial charge in [-0.05, 0) is 44.5 Å². The number of nitrogens with one attached hydrogen (secondary N) is 2. The maximum atomic E-state index is 12.4. The molecule has 5 nitrogen and oxygen atoms in total. The van der Waals surface area contributed by atoms with Crippen LogP contribution in [-0.4, -0.2) is 24.8 Å². The van der Waals surface area contributed by atoms with Gasteiger partial charge in [0.2, 0.25) is 5.91 Å². The molecule has 2 N–H and O–H groups in total. The van der Waals surface area contributed by atoms with Crippen LogP contribution in [0.5, 0.6) is 5.75 Å². The molecule has 2 aromatic carbocycles. The largest absolute Gasteiger partial charge is 0.494 e. The summed E-state index contributed by atoms with van der Waals surface area (Å²) < 4.78 is 5.38. The summed E-state index contributed by atoms with van der Waals surface area (Å²) in [6.07, 6.45) is 0. The number of methoxy groups -OCH3 is 1. The van der Waals surface area contributed by atoms with E-state index in [1.807, 2.05) is 13.0 Å². The van der Waals surface area contributed by atoms with Crippen LogP contribution in [0.4, 0.5) is 11.4 Å². The van der Waals surface area contributed by atoms with Crippen LogP contribution in [0, 0.1) is 12.3 Å². The third-order valence-corrected chi connectivity index (χ3v) is 4.70. The molecule has 2 amide bonds. The van der Waals surface area contributed by atoms with Crippen molar-refractivity contribution in [2.45, 2.75) is 20.8 Å². The van der Waals surface area contributed by atoms with E-state index in [0.717, 1.165) is 5.56 Å². The summed E-state index contributed by atoms with van der Waals surface area (Å²) in [6, 6.07) is 12.4. The van der Waals surface area contributed by atoms with Gasteiger partial charge >= 0.3 is 0 Å². The second-order valence-electron chi connectivity index (χ2n) is 6.66. The SMILES string of the molecule is COc1cc(NC(=O)c2ccccc2)c(C)cc1NC(=O)C(C)(C)CCl. The Morgan fingerprint density at radius 3 is 2.31 bits per heavy atom. The van der Waals surface area contributed by atoms with Crippen molar-refractivity contribution in [2.24, 2.45) is 5.41 Å². The third-order valence-electron chi connectivity index (χ3n) is 4.03. The van der Waals surface area contributed by atoms with Gasteiger partial charge in [0.15, 0.2) is 0 Å². The molecule has 0 unspecified atom stereocenters. The monoisotopic (exact) mass is 374 g/mol. The van der Waals surface area contributed by atoms with Crippen LogP contribution in [0.2, 0.25) is 0 Å². The minimum atomic E-state index is -0.708. The molecule has 0 saturated heterocycles. The number of anilines is 2. The van der Waals surface area contributed by atoms with Crippen molar-refractivity contribution in [1.82, 2.24) is 0 Å². The fourth-order valence-electron chi connectivity index (χ4n) is 2.23. The molecule has 0 saturated carbocycles. The molecule has 2 rings (SSSR count). The Labute approximate surface area is 158 Å². The number of amides is 2. The third kappa shape index (κ3) is 4.55. The average molecular weight is 375 g/mol. The smallest absolute Gasteiger partial charge is 0.255 e. The Hall–Kier alpha value is -2.53. The Kier molecular flexibility index (Phi) is 6.27. The van der Waals surface area contributed by atoms with Crippen molar-refractivity contribution in [3.63, 3.8) is 0 Å². The van der Waals surface area contributed by atoms with Crippen molar-refractivity contribution in [3.8, 4) is 5.75 Å². The summed E-state index contributed by atoms with van der Waals surface area (Å²) in [4.78, 5) is 24.7. The topological polar surface area (TPSA) is 67.4 Å². The van der Waals surface area contributed by atoms with E-state index < -0.39 is 5.41 Å². The summed E-state index contributed by atoms with van der Waals surface area (Å²) in [6.45, 7) is 5.38. The van der Waals surface area contributed by atoms with Crippen LogP contribution in [0.3, 0.4) is 0 Å². The lowest BCUT2D eigenvalue weighted by molar-refractivity contribution is -0.122. The molecular formula is C20H23ClN2O3. The summed E-state index contributed by atoms with van der Waals surface area (Å²) in [5.41, 5.74) is 1.80. The summed E-state index contributed by atoms with van der Waals surface area (Å²) >= 11 is 5.86. The number of hydrogen-bond acceptors (Lipinski definition) is 3. The van der Waals surface area contributed by atoms with Gasteiger partial charge < -0.3 is 15.4 Å². The predicted molar refractivity (Wildman–Crippen MR) is 105 cm³/mol. The average Bonchev–Trinajstić information content (AvgIpc) is 2.64. The molecule has 138 valence electrons.